The molecule has 0 N–H and O–H groups in total. The van der Waals surface area contributed by atoms with E-state index in [4.69, 9.17) is 4.74 Å². The fraction of sp³-hybridized carbons (Fsp3) is 0.588. The molecule has 0 radical (unpaired) electrons. The standard InChI is InChI=1S/C17H24FN5O3S/c1-5-14-15(18)17(20-10-19-14)26-13-7-8-22(9-13)27(24,25)16-11(3)21-23(6-2)12(16)4/h10,13H,5-9H2,1-4H3. The van der Waals surface area contributed by atoms with Crippen molar-refractivity contribution in [2.45, 2.75) is 58.1 Å². The minimum absolute atomic E-state index is 0.128. The van der Waals surface area contributed by atoms with E-state index in [0.717, 1.165) is 0 Å². The van der Waals surface area contributed by atoms with Crippen molar-refractivity contribution in [3.63, 3.8) is 0 Å². The Kier molecular flexibility index (Phi) is 5.48. The predicted octanol–water partition coefficient (Wildman–Crippen LogP) is 1.85. The van der Waals surface area contributed by atoms with Gasteiger partial charge in [0.2, 0.25) is 15.8 Å². The highest BCUT2D eigenvalue weighted by Crippen LogP contribution is 2.28. The highest BCUT2D eigenvalue weighted by molar-refractivity contribution is 7.89. The molecule has 1 fully saturated rings. The van der Waals surface area contributed by atoms with Gasteiger partial charge in [0.1, 0.15) is 17.3 Å². The van der Waals surface area contributed by atoms with E-state index < -0.39 is 21.9 Å². The van der Waals surface area contributed by atoms with Gasteiger partial charge >= 0.3 is 0 Å². The van der Waals surface area contributed by atoms with Gasteiger partial charge in [0.05, 0.1) is 23.6 Å². The number of hydrogen-bond acceptors (Lipinski definition) is 6. The first-order valence-electron chi connectivity index (χ1n) is 8.99. The molecule has 10 heteroatoms. The van der Waals surface area contributed by atoms with Crippen LogP contribution < -0.4 is 4.74 Å². The summed E-state index contributed by atoms with van der Waals surface area (Å²) < 4.78 is 49.1. The predicted molar refractivity (Wildman–Crippen MR) is 96.5 cm³/mol. The van der Waals surface area contributed by atoms with Crippen LogP contribution in [0, 0.1) is 19.7 Å². The molecule has 2 aromatic rings. The number of ether oxygens (including phenoxy) is 1. The lowest BCUT2D eigenvalue weighted by Gasteiger charge is -2.17. The molecule has 3 heterocycles. The van der Waals surface area contributed by atoms with Gasteiger partial charge in [0.15, 0.2) is 0 Å². The van der Waals surface area contributed by atoms with Gasteiger partial charge in [0, 0.05) is 13.1 Å². The van der Waals surface area contributed by atoms with E-state index >= 15 is 0 Å². The van der Waals surface area contributed by atoms with Gasteiger partial charge in [-0.1, -0.05) is 6.92 Å². The molecule has 0 amide bonds. The Bertz CT molecular complexity index is 944. The lowest BCUT2D eigenvalue weighted by atomic mass is 10.3. The Labute approximate surface area is 158 Å². The summed E-state index contributed by atoms with van der Waals surface area (Å²) in [5, 5.41) is 4.30. The highest BCUT2D eigenvalue weighted by atomic mass is 32.2. The van der Waals surface area contributed by atoms with Crippen LogP contribution in [0.4, 0.5) is 4.39 Å². The number of aryl methyl sites for hydroxylation is 3. The maximum atomic E-state index is 14.3. The highest BCUT2D eigenvalue weighted by Gasteiger charge is 2.37. The summed E-state index contributed by atoms with van der Waals surface area (Å²) in [7, 11) is -3.69. The Hall–Kier alpha value is -2.07. The van der Waals surface area contributed by atoms with Crippen molar-refractivity contribution in [3.8, 4) is 5.88 Å². The topological polar surface area (TPSA) is 90.2 Å². The Morgan fingerprint density at radius 2 is 2.04 bits per heavy atom. The molecular weight excluding hydrogens is 373 g/mol. The normalized spacial score (nSPS) is 18.2. The molecule has 8 nitrogen and oxygen atoms in total. The van der Waals surface area contributed by atoms with Gasteiger partial charge in [0.25, 0.3) is 5.88 Å². The van der Waals surface area contributed by atoms with Gasteiger partial charge in [-0.2, -0.15) is 18.8 Å². The fourth-order valence-electron chi connectivity index (χ4n) is 3.38. The van der Waals surface area contributed by atoms with Crippen molar-refractivity contribution in [2.75, 3.05) is 13.1 Å². The summed E-state index contributed by atoms with van der Waals surface area (Å²) in [6, 6.07) is 0. The molecule has 2 aromatic heterocycles. The average molecular weight is 397 g/mol. The summed E-state index contributed by atoms with van der Waals surface area (Å²) in [4.78, 5) is 7.96. The Morgan fingerprint density at radius 1 is 1.30 bits per heavy atom. The summed E-state index contributed by atoms with van der Waals surface area (Å²) in [5.74, 6) is -0.713. The summed E-state index contributed by atoms with van der Waals surface area (Å²) in [6.07, 6.45) is 1.68. The second-order valence-electron chi connectivity index (χ2n) is 6.50. The molecule has 3 rings (SSSR count). The molecule has 0 aromatic carbocycles. The number of aromatic nitrogens is 4. The lowest BCUT2D eigenvalue weighted by molar-refractivity contribution is 0.195. The SMILES string of the molecule is CCc1ncnc(OC2CCN(S(=O)(=O)c3c(C)nn(CC)c3C)C2)c1F. The first kappa shape index (κ1) is 19.7. The van der Waals surface area contributed by atoms with Crippen LogP contribution in [0.15, 0.2) is 11.2 Å². The second-order valence-corrected chi connectivity index (χ2v) is 8.38. The Morgan fingerprint density at radius 3 is 2.67 bits per heavy atom. The van der Waals surface area contributed by atoms with E-state index in [0.29, 0.717) is 37.3 Å². The molecule has 1 aliphatic heterocycles. The monoisotopic (exact) mass is 397 g/mol. The molecule has 1 aliphatic rings. The number of sulfonamides is 1. The van der Waals surface area contributed by atoms with Gasteiger partial charge in [-0.25, -0.2) is 13.4 Å². The first-order valence-corrected chi connectivity index (χ1v) is 10.4. The van der Waals surface area contributed by atoms with E-state index in [1.54, 1.807) is 25.5 Å². The number of rotatable bonds is 6. The number of hydrogen-bond donors (Lipinski definition) is 0. The van der Waals surface area contributed by atoms with Crippen LogP contribution in [0.2, 0.25) is 0 Å². The molecule has 27 heavy (non-hydrogen) atoms. The van der Waals surface area contributed by atoms with Crippen LogP contribution in [0.5, 0.6) is 5.88 Å². The van der Waals surface area contributed by atoms with Crippen molar-refractivity contribution >= 4 is 10.0 Å². The van der Waals surface area contributed by atoms with Gasteiger partial charge in [-0.05, 0) is 33.6 Å². The van der Waals surface area contributed by atoms with Crippen molar-refractivity contribution in [1.82, 2.24) is 24.1 Å². The molecule has 0 spiro atoms. The van der Waals surface area contributed by atoms with E-state index in [1.807, 2.05) is 6.92 Å². The van der Waals surface area contributed by atoms with Crippen LogP contribution in [0.25, 0.3) is 0 Å². The maximum Gasteiger partial charge on any atom is 0.254 e. The molecule has 1 unspecified atom stereocenters. The number of halogens is 1. The van der Waals surface area contributed by atoms with Crippen molar-refractivity contribution < 1.29 is 17.5 Å². The molecule has 0 bridgehead atoms. The molecule has 1 saturated heterocycles. The third-order valence-corrected chi connectivity index (χ3v) is 6.88. The van der Waals surface area contributed by atoms with Gasteiger partial charge in [-0.3, -0.25) is 4.68 Å². The third-order valence-electron chi connectivity index (χ3n) is 4.76. The van der Waals surface area contributed by atoms with Crippen molar-refractivity contribution in [2.24, 2.45) is 0 Å². The lowest BCUT2D eigenvalue weighted by Crippen LogP contribution is -2.32. The van der Waals surface area contributed by atoms with E-state index in [1.165, 1.54) is 10.6 Å². The quantitative estimate of drug-likeness (QED) is 0.739. The van der Waals surface area contributed by atoms with Gasteiger partial charge < -0.3 is 4.74 Å². The van der Waals surface area contributed by atoms with E-state index in [2.05, 4.69) is 15.1 Å². The smallest absolute Gasteiger partial charge is 0.254 e. The molecular formula is C17H24FN5O3S. The zero-order chi connectivity index (χ0) is 19.8. The van der Waals surface area contributed by atoms with Crippen LogP contribution in [0.3, 0.4) is 0 Å². The molecule has 148 valence electrons. The second kappa shape index (κ2) is 7.51. The Balaban J connectivity index is 1.79. The van der Waals surface area contributed by atoms with E-state index in [-0.39, 0.29) is 23.0 Å². The zero-order valence-electron chi connectivity index (χ0n) is 15.9. The summed E-state index contributed by atoms with van der Waals surface area (Å²) in [5.41, 5.74) is 1.38. The first-order chi connectivity index (χ1) is 12.8. The van der Waals surface area contributed by atoms with Gasteiger partial charge in [-0.15, -0.1) is 0 Å². The summed E-state index contributed by atoms with van der Waals surface area (Å²) in [6.45, 7) is 8.19. The van der Waals surface area contributed by atoms with Crippen molar-refractivity contribution in [1.29, 1.82) is 0 Å². The molecule has 0 aliphatic carbocycles. The minimum Gasteiger partial charge on any atom is -0.471 e. The molecule has 1 atom stereocenters. The van der Waals surface area contributed by atoms with Crippen LogP contribution in [-0.2, 0) is 23.0 Å². The van der Waals surface area contributed by atoms with Crippen LogP contribution in [0.1, 0.15) is 37.4 Å². The summed E-state index contributed by atoms with van der Waals surface area (Å²) >= 11 is 0. The third kappa shape index (κ3) is 3.55. The zero-order valence-corrected chi connectivity index (χ0v) is 16.8. The van der Waals surface area contributed by atoms with Crippen molar-refractivity contribution in [3.05, 3.63) is 29.2 Å². The largest absolute Gasteiger partial charge is 0.471 e. The van der Waals surface area contributed by atoms with Crippen LogP contribution >= 0.6 is 0 Å². The average Bonchev–Trinajstić information content (AvgIpc) is 3.21. The fourth-order valence-corrected chi connectivity index (χ4v) is 5.24. The van der Waals surface area contributed by atoms with Crippen LogP contribution in [-0.4, -0.2) is 51.7 Å². The maximum absolute atomic E-state index is 14.3. The molecule has 0 saturated carbocycles. The van der Waals surface area contributed by atoms with E-state index in [9.17, 15) is 12.8 Å². The minimum atomic E-state index is -3.69. The number of nitrogens with zero attached hydrogens (tertiary/aromatic N) is 5.